The van der Waals surface area contributed by atoms with Gasteiger partial charge in [-0.15, -0.1) is 0 Å². The average Bonchev–Trinajstić information content (AvgIpc) is 3.11. The van der Waals surface area contributed by atoms with E-state index in [4.69, 9.17) is 0 Å². The van der Waals surface area contributed by atoms with Crippen LogP contribution in [0, 0.1) is 13.8 Å². The lowest BCUT2D eigenvalue weighted by Gasteiger charge is -2.24. The summed E-state index contributed by atoms with van der Waals surface area (Å²) in [5.74, 6) is -0.359. The lowest BCUT2D eigenvalue weighted by molar-refractivity contribution is -0.114. The summed E-state index contributed by atoms with van der Waals surface area (Å²) in [5.41, 5.74) is 3.22. The molecule has 3 aromatic carbocycles. The van der Waals surface area contributed by atoms with Gasteiger partial charge in [-0.3, -0.25) is 18.6 Å². The van der Waals surface area contributed by atoms with Gasteiger partial charge in [0.2, 0.25) is 5.91 Å². The highest BCUT2D eigenvalue weighted by Gasteiger charge is 2.28. The van der Waals surface area contributed by atoms with Crippen LogP contribution >= 0.6 is 0 Å². The molecule has 1 heterocycles. The zero-order valence-corrected chi connectivity index (χ0v) is 23.0. The minimum absolute atomic E-state index is 0.0751. The van der Waals surface area contributed by atoms with Gasteiger partial charge in [-0.1, -0.05) is 61.9 Å². The molecule has 0 bridgehead atoms. The van der Waals surface area contributed by atoms with Crippen LogP contribution in [0.2, 0.25) is 0 Å². The molecular formula is C29H32N4O4S. The van der Waals surface area contributed by atoms with Crippen LogP contribution in [0.5, 0.6) is 0 Å². The number of sulfonamides is 1. The lowest BCUT2D eigenvalue weighted by Crippen LogP contribution is -2.38. The van der Waals surface area contributed by atoms with Gasteiger partial charge in [-0.2, -0.15) is 0 Å². The van der Waals surface area contributed by atoms with Crippen LogP contribution < -0.4 is 15.2 Å². The first-order valence-electron chi connectivity index (χ1n) is 12.3. The molecule has 0 aliphatic rings. The van der Waals surface area contributed by atoms with Crippen LogP contribution in [0.4, 0.5) is 11.4 Å². The summed E-state index contributed by atoms with van der Waals surface area (Å²) in [6.07, 6.45) is 0. The van der Waals surface area contributed by atoms with Gasteiger partial charge in [0.15, 0.2) is 0 Å². The number of rotatable bonds is 8. The summed E-state index contributed by atoms with van der Waals surface area (Å²) >= 11 is 0. The number of amides is 1. The number of hydrogen-bond donors (Lipinski definition) is 1. The molecule has 1 aromatic heterocycles. The first kappa shape index (κ1) is 26.9. The highest BCUT2D eigenvalue weighted by atomic mass is 32.2. The SMILES string of the molecule is Cc1ccc(S(=O)(=O)N(CC(=O)Nc2c(C)n(C)n(-c3ccccc3)c2=O)c2ccc(C(C)C)cc2)cc1. The van der Waals surface area contributed by atoms with Crippen LogP contribution in [-0.2, 0) is 21.9 Å². The van der Waals surface area contributed by atoms with Crippen molar-refractivity contribution in [3.8, 4) is 5.69 Å². The van der Waals surface area contributed by atoms with E-state index in [0.29, 0.717) is 17.1 Å². The molecule has 0 spiro atoms. The molecule has 0 saturated carbocycles. The van der Waals surface area contributed by atoms with Crippen molar-refractivity contribution in [2.45, 2.75) is 38.5 Å². The van der Waals surface area contributed by atoms with Gasteiger partial charge in [0, 0.05) is 7.05 Å². The number of carbonyl (C=O) groups is 1. The van der Waals surface area contributed by atoms with Gasteiger partial charge in [-0.05, 0) is 61.7 Å². The van der Waals surface area contributed by atoms with E-state index >= 15 is 0 Å². The topological polar surface area (TPSA) is 93.4 Å². The van der Waals surface area contributed by atoms with E-state index in [-0.39, 0.29) is 16.5 Å². The van der Waals surface area contributed by atoms with Crippen LogP contribution in [0.15, 0.2) is 88.6 Å². The molecule has 198 valence electrons. The van der Waals surface area contributed by atoms with Gasteiger partial charge >= 0.3 is 0 Å². The molecular weight excluding hydrogens is 500 g/mol. The van der Waals surface area contributed by atoms with E-state index in [1.807, 2.05) is 51.1 Å². The predicted molar refractivity (Wildman–Crippen MR) is 151 cm³/mol. The average molecular weight is 533 g/mol. The number of nitrogens with zero attached hydrogens (tertiary/aromatic N) is 3. The summed E-state index contributed by atoms with van der Waals surface area (Å²) < 4.78 is 31.6. The van der Waals surface area contributed by atoms with E-state index in [0.717, 1.165) is 15.4 Å². The van der Waals surface area contributed by atoms with Crippen molar-refractivity contribution in [3.05, 3.63) is 106 Å². The third kappa shape index (κ3) is 5.28. The Hall–Kier alpha value is -4.11. The largest absolute Gasteiger partial charge is 0.318 e. The van der Waals surface area contributed by atoms with Crippen molar-refractivity contribution < 1.29 is 13.2 Å². The maximum Gasteiger partial charge on any atom is 0.295 e. The Bertz CT molecular complexity index is 1600. The predicted octanol–water partition coefficient (Wildman–Crippen LogP) is 4.75. The molecule has 4 rings (SSSR count). The van der Waals surface area contributed by atoms with E-state index in [9.17, 15) is 18.0 Å². The lowest BCUT2D eigenvalue weighted by atomic mass is 10.0. The zero-order valence-electron chi connectivity index (χ0n) is 22.2. The number of anilines is 2. The fraction of sp³-hybridized carbons (Fsp3) is 0.241. The maximum atomic E-state index is 13.7. The normalized spacial score (nSPS) is 11.5. The Balaban J connectivity index is 1.70. The fourth-order valence-corrected chi connectivity index (χ4v) is 5.62. The summed E-state index contributed by atoms with van der Waals surface area (Å²) in [6, 6.07) is 22.7. The second-order valence-corrected chi connectivity index (χ2v) is 11.4. The standard InChI is InChI=1S/C29H32N4O4S/c1-20(2)23-13-15-24(16-14-23)32(38(36,37)26-17-11-21(3)12-18-26)19-27(34)30-28-22(4)31(5)33(29(28)35)25-9-7-6-8-10-25/h6-18,20H,19H2,1-5H3,(H,30,34). The van der Waals surface area contributed by atoms with Crippen LogP contribution in [0.3, 0.4) is 0 Å². The smallest absolute Gasteiger partial charge is 0.295 e. The molecule has 1 amide bonds. The molecule has 9 heteroatoms. The van der Waals surface area contributed by atoms with Crippen LogP contribution in [0.1, 0.15) is 36.6 Å². The highest BCUT2D eigenvalue weighted by molar-refractivity contribution is 7.92. The Morgan fingerprint density at radius 2 is 1.53 bits per heavy atom. The Labute approximate surface area is 223 Å². The first-order valence-corrected chi connectivity index (χ1v) is 13.8. The van der Waals surface area contributed by atoms with E-state index in [1.165, 1.54) is 16.8 Å². The third-order valence-electron chi connectivity index (χ3n) is 6.56. The Kier molecular flexibility index (Phi) is 7.59. The second-order valence-electron chi connectivity index (χ2n) is 9.56. The number of nitrogens with one attached hydrogen (secondary N) is 1. The number of carbonyl (C=O) groups excluding carboxylic acids is 1. The molecule has 0 saturated heterocycles. The quantitative estimate of drug-likeness (QED) is 0.354. The molecule has 0 atom stereocenters. The molecule has 8 nitrogen and oxygen atoms in total. The molecule has 4 aromatic rings. The fourth-order valence-electron chi connectivity index (χ4n) is 4.20. The zero-order chi connectivity index (χ0) is 27.6. The summed E-state index contributed by atoms with van der Waals surface area (Å²) in [6.45, 7) is 7.19. The Morgan fingerprint density at radius 3 is 2.11 bits per heavy atom. The third-order valence-corrected chi connectivity index (χ3v) is 8.35. The molecule has 0 unspecified atom stereocenters. The van der Waals surface area contributed by atoms with E-state index < -0.39 is 28.0 Å². The highest BCUT2D eigenvalue weighted by Crippen LogP contribution is 2.26. The van der Waals surface area contributed by atoms with Crippen molar-refractivity contribution in [1.29, 1.82) is 0 Å². The van der Waals surface area contributed by atoms with Crippen LogP contribution in [0.25, 0.3) is 5.69 Å². The Morgan fingerprint density at radius 1 is 0.921 bits per heavy atom. The number of aryl methyl sites for hydroxylation is 1. The summed E-state index contributed by atoms with van der Waals surface area (Å²) in [7, 11) is -2.35. The number of hydrogen-bond acceptors (Lipinski definition) is 4. The number of aromatic nitrogens is 2. The van der Waals surface area contributed by atoms with Gasteiger partial charge in [0.1, 0.15) is 12.2 Å². The van der Waals surface area contributed by atoms with Gasteiger partial charge < -0.3 is 5.32 Å². The van der Waals surface area contributed by atoms with Crippen molar-refractivity contribution in [2.75, 3.05) is 16.2 Å². The summed E-state index contributed by atoms with van der Waals surface area (Å²) in [4.78, 5) is 26.6. The second kappa shape index (κ2) is 10.7. The van der Waals surface area contributed by atoms with Gasteiger partial charge in [0.25, 0.3) is 15.6 Å². The van der Waals surface area contributed by atoms with Crippen LogP contribution in [-0.4, -0.2) is 30.2 Å². The van der Waals surface area contributed by atoms with Crippen molar-refractivity contribution in [2.24, 2.45) is 7.05 Å². The number of benzene rings is 3. The van der Waals surface area contributed by atoms with E-state index in [2.05, 4.69) is 5.32 Å². The molecule has 0 aliphatic heterocycles. The maximum absolute atomic E-state index is 13.7. The minimum atomic E-state index is -4.07. The van der Waals surface area contributed by atoms with Gasteiger partial charge in [-0.25, -0.2) is 13.1 Å². The number of para-hydroxylation sites is 1. The monoisotopic (exact) mass is 532 g/mol. The first-order chi connectivity index (χ1) is 18.0. The molecule has 0 radical (unpaired) electrons. The molecule has 0 fully saturated rings. The summed E-state index contributed by atoms with van der Waals surface area (Å²) in [5, 5.41) is 2.67. The van der Waals surface area contributed by atoms with Crippen molar-refractivity contribution in [1.82, 2.24) is 9.36 Å². The molecule has 1 N–H and O–H groups in total. The molecule has 38 heavy (non-hydrogen) atoms. The van der Waals surface area contributed by atoms with E-state index in [1.54, 1.807) is 55.1 Å². The van der Waals surface area contributed by atoms with Gasteiger partial charge in [0.05, 0.1) is 22.0 Å². The molecule has 0 aliphatic carbocycles. The van der Waals surface area contributed by atoms with Crippen molar-refractivity contribution in [3.63, 3.8) is 0 Å². The van der Waals surface area contributed by atoms with Crippen molar-refractivity contribution >= 4 is 27.3 Å². The minimum Gasteiger partial charge on any atom is -0.318 e.